The normalized spacial score (nSPS) is 14.1. The zero-order valence-electron chi connectivity index (χ0n) is 26.0. The highest BCUT2D eigenvalue weighted by molar-refractivity contribution is 5.90. The number of esters is 2. The third-order valence-corrected chi connectivity index (χ3v) is 6.14. The van der Waals surface area contributed by atoms with Crippen LogP contribution in [0.5, 0.6) is 0 Å². The standard InChI is InChI=1S/C30H42N4O11/c1-19(2)16-25(32-29(38)45-30(3,4)5)27(36)31-24(28(37)44-18-21-8-12-23(13-9-21)34(41)42)14-15-26(35)43-17-20-6-10-22(11-7-20)33(39)40/h6-13,19,24-25,33-34,39,41H,14-18H2,1-5H3,(H,31,36)(H,32,38). The molecule has 6 N–H and O–H groups in total. The van der Waals surface area contributed by atoms with Crippen molar-refractivity contribution in [1.29, 1.82) is 0 Å². The molecule has 2 amide bonds. The van der Waals surface area contributed by atoms with Crippen LogP contribution in [0.15, 0.2) is 48.5 Å². The van der Waals surface area contributed by atoms with Crippen LogP contribution in [0.25, 0.3) is 0 Å². The predicted molar refractivity (Wildman–Crippen MR) is 158 cm³/mol. The van der Waals surface area contributed by atoms with Crippen molar-refractivity contribution in [2.75, 3.05) is 0 Å². The van der Waals surface area contributed by atoms with Crippen LogP contribution in [0, 0.1) is 16.3 Å². The minimum atomic E-state index is -1.30. The molecule has 0 saturated carbocycles. The van der Waals surface area contributed by atoms with Gasteiger partial charge in [0.15, 0.2) is 11.4 Å². The van der Waals surface area contributed by atoms with Crippen molar-refractivity contribution >= 4 is 35.3 Å². The molecule has 0 aliphatic carbocycles. The van der Waals surface area contributed by atoms with E-state index >= 15 is 0 Å². The molecule has 2 aromatic rings. The molecule has 0 spiro atoms. The second kappa shape index (κ2) is 17.4. The molecule has 0 heterocycles. The summed E-state index contributed by atoms with van der Waals surface area (Å²) < 4.78 is 15.9. The lowest BCUT2D eigenvalue weighted by Crippen LogP contribution is -2.99. The molecule has 4 unspecified atom stereocenters. The summed E-state index contributed by atoms with van der Waals surface area (Å²) in [5.41, 5.74) is 0.376. The third-order valence-electron chi connectivity index (χ3n) is 6.14. The van der Waals surface area contributed by atoms with E-state index < -0.39 is 52.1 Å². The van der Waals surface area contributed by atoms with Gasteiger partial charge in [-0.05, 0) is 74.9 Å². The smallest absolute Gasteiger partial charge is 0.408 e. The first-order valence-corrected chi connectivity index (χ1v) is 14.3. The van der Waals surface area contributed by atoms with E-state index in [1.807, 2.05) is 13.8 Å². The van der Waals surface area contributed by atoms with Gasteiger partial charge in [-0.25, -0.2) is 20.0 Å². The van der Waals surface area contributed by atoms with Crippen molar-refractivity contribution < 1.29 is 54.3 Å². The monoisotopic (exact) mass is 634 g/mol. The molecule has 0 radical (unpaired) electrons. The van der Waals surface area contributed by atoms with Gasteiger partial charge in [-0.1, -0.05) is 13.8 Å². The Balaban J connectivity index is 2.11. The maximum absolute atomic E-state index is 13.3. The molecule has 0 bridgehead atoms. The van der Waals surface area contributed by atoms with Crippen LogP contribution in [0.1, 0.15) is 65.0 Å². The molecule has 248 valence electrons. The largest absolute Gasteiger partial charge is 0.595 e. The first kappa shape index (κ1) is 37.1. The van der Waals surface area contributed by atoms with Crippen molar-refractivity contribution in [3.8, 4) is 0 Å². The van der Waals surface area contributed by atoms with Gasteiger partial charge < -0.3 is 35.3 Å². The third kappa shape index (κ3) is 14.0. The number of alkyl carbamates (subject to hydrolysis) is 1. The number of quaternary nitrogens is 2. The van der Waals surface area contributed by atoms with E-state index in [1.165, 1.54) is 48.5 Å². The van der Waals surface area contributed by atoms with E-state index in [1.54, 1.807) is 20.8 Å². The second-order valence-corrected chi connectivity index (χ2v) is 11.7. The SMILES string of the molecule is CC(C)CC(NC(=O)OC(C)(C)C)C(=O)NC(CCC(=O)OCc1ccc([NH+]([O-])O)cc1)C(=O)OCc1ccc([NH+]([O-])O)cc1. The van der Waals surface area contributed by atoms with Gasteiger partial charge in [0.1, 0.15) is 30.9 Å². The molecular formula is C30H42N4O11. The molecule has 0 aromatic heterocycles. The summed E-state index contributed by atoms with van der Waals surface area (Å²) >= 11 is 0. The Kier molecular flexibility index (Phi) is 14.3. The lowest BCUT2D eigenvalue weighted by Gasteiger charge is -2.25. The van der Waals surface area contributed by atoms with Gasteiger partial charge in [-0.3, -0.25) is 9.59 Å². The Hall–Kier alpha value is -4.12. The number of hydrogen-bond donors (Lipinski definition) is 6. The molecule has 0 saturated heterocycles. The summed E-state index contributed by atoms with van der Waals surface area (Å²) in [6.45, 7) is 8.37. The fraction of sp³-hybridized carbons (Fsp3) is 0.467. The Bertz CT molecular complexity index is 1260. The first-order valence-electron chi connectivity index (χ1n) is 14.3. The van der Waals surface area contributed by atoms with Crippen molar-refractivity contribution in [2.24, 2.45) is 5.92 Å². The highest BCUT2D eigenvalue weighted by Gasteiger charge is 2.30. The Morgan fingerprint density at radius 3 is 1.73 bits per heavy atom. The quantitative estimate of drug-likeness (QED) is 0.0937. The number of benzene rings is 2. The fourth-order valence-electron chi connectivity index (χ4n) is 3.91. The van der Waals surface area contributed by atoms with Crippen LogP contribution in [-0.4, -0.2) is 52.0 Å². The number of rotatable bonds is 15. The molecule has 0 fully saturated rings. The minimum Gasteiger partial charge on any atom is -0.595 e. The van der Waals surface area contributed by atoms with Crippen LogP contribution < -0.4 is 21.1 Å². The van der Waals surface area contributed by atoms with E-state index in [0.29, 0.717) is 11.1 Å². The number of ether oxygens (including phenoxy) is 3. The number of amides is 2. The molecule has 15 heteroatoms. The van der Waals surface area contributed by atoms with Gasteiger partial charge in [-0.2, -0.15) is 10.5 Å². The average molecular weight is 635 g/mol. The van der Waals surface area contributed by atoms with Crippen LogP contribution in [0.2, 0.25) is 0 Å². The van der Waals surface area contributed by atoms with E-state index in [9.17, 15) is 29.6 Å². The van der Waals surface area contributed by atoms with Gasteiger partial charge >= 0.3 is 18.0 Å². The van der Waals surface area contributed by atoms with Gasteiger partial charge in [-0.15, -0.1) is 0 Å². The molecule has 45 heavy (non-hydrogen) atoms. The molecular weight excluding hydrogens is 592 g/mol. The second-order valence-electron chi connectivity index (χ2n) is 11.7. The fourth-order valence-corrected chi connectivity index (χ4v) is 3.91. The number of carbonyl (C=O) groups excluding carboxylic acids is 4. The summed E-state index contributed by atoms with van der Waals surface area (Å²) in [5.74, 6) is -2.24. The molecule has 2 rings (SSSR count). The van der Waals surface area contributed by atoms with E-state index in [2.05, 4.69) is 10.6 Å². The van der Waals surface area contributed by atoms with Crippen LogP contribution in [-0.2, 0) is 41.8 Å². The molecule has 2 aromatic carbocycles. The molecule has 0 aliphatic heterocycles. The topological polar surface area (TPSA) is 215 Å². The minimum absolute atomic E-state index is 0.0191. The van der Waals surface area contributed by atoms with Gasteiger partial charge in [0, 0.05) is 30.7 Å². The number of hydrogen-bond acceptors (Lipinski definition) is 11. The summed E-state index contributed by atoms with van der Waals surface area (Å²) in [7, 11) is 0. The highest BCUT2D eigenvalue weighted by Crippen LogP contribution is 2.13. The van der Waals surface area contributed by atoms with Gasteiger partial charge in [0.05, 0.1) is 0 Å². The first-order chi connectivity index (χ1) is 21.0. The Morgan fingerprint density at radius 1 is 0.800 bits per heavy atom. The van der Waals surface area contributed by atoms with Crippen LogP contribution >= 0.6 is 0 Å². The number of nitrogens with one attached hydrogen (secondary N) is 4. The van der Waals surface area contributed by atoms with Crippen molar-refractivity contribution in [3.63, 3.8) is 0 Å². The van der Waals surface area contributed by atoms with Gasteiger partial charge in [0.2, 0.25) is 5.91 Å². The zero-order valence-corrected chi connectivity index (χ0v) is 26.0. The summed E-state index contributed by atoms with van der Waals surface area (Å²) in [5, 5.41) is 43.1. The zero-order chi connectivity index (χ0) is 33.7. The lowest BCUT2D eigenvalue weighted by molar-refractivity contribution is -0.991. The Labute approximate surface area is 261 Å². The summed E-state index contributed by atoms with van der Waals surface area (Å²) in [6.07, 6.45) is -1.06. The summed E-state index contributed by atoms with van der Waals surface area (Å²) in [4.78, 5) is 51.4. The van der Waals surface area contributed by atoms with E-state index in [0.717, 1.165) is 0 Å². The highest BCUT2D eigenvalue weighted by atomic mass is 16.8. The average Bonchev–Trinajstić information content (AvgIpc) is 2.95. The molecule has 15 nitrogen and oxygen atoms in total. The molecule has 4 atom stereocenters. The van der Waals surface area contributed by atoms with Crippen molar-refractivity contribution in [2.45, 2.75) is 84.8 Å². The maximum atomic E-state index is 13.3. The summed E-state index contributed by atoms with van der Waals surface area (Å²) in [6, 6.07) is 9.08. The predicted octanol–water partition coefficient (Wildman–Crippen LogP) is 1.48. The van der Waals surface area contributed by atoms with E-state index in [-0.39, 0.29) is 49.8 Å². The molecule has 0 aliphatic rings. The van der Waals surface area contributed by atoms with Crippen molar-refractivity contribution in [1.82, 2.24) is 10.6 Å². The number of carbonyl (C=O) groups is 4. The lowest BCUT2D eigenvalue weighted by atomic mass is 10.0. The Morgan fingerprint density at radius 2 is 1.29 bits per heavy atom. The maximum Gasteiger partial charge on any atom is 0.408 e. The van der Waals surface area contributed by atoms with Gasteiger partial charge in [0.25, 0.3) is 0 Å². The van der Waals surface area contributed by atoms with Crippen LogP contribution in [0.3, 0.4) is 0 Å². The van der Waals surface area contributed by atoms with Crippen molar-refractivity contribution in [3.05, 3.63) is 70.1 Å². The van der Waals surface area contributed by atoms with E-state index in [4.69, 9.17) is 24.6 Å². The van der Waals surface area contributed by atoms with Crippen LogP contribution in [0.4, 0.5) is 16.2 Å².